The molecule has 4 aliphatic carbocycles. The highest BCUT2D eigenvalue weighted by Gasteiger charge is 2.82. The molecule has 2 heterocycles. The molecule has 0 radical (unpaired) electrons. The van der Waals surface area contributed by atoms with Crippen LogP contribution in [0.4, 0.5) is 0 Å². The summed E-state index contributed by atoms with van der Waals surface area (Å²) in [7, 11) is 1.60. The predicted molar refractivity (Wildman–Crippen MR) is 95.4 cm³/mol. The van der Waals surface area contributed by atoms with Gasteiger partial charge in [0.15, 0.2) is 12.1 Å². The minimum absolute atomic E-state index is 0.0353. The highest BCUT2D eigenvalue weighted by Crippen LogP contribution is 2.75. The molecule has 0 aromatic carbocycles. The average Bonchev–Trinajstić information content (AvgIpc) is 2.75. The SMILES string of the molecule is C=C1C(=O)[C@]23[C@H](O)[C@H]1C[C@H](O)[C@H]2[C@]12CC[C@@H](O)C(C)(C)[C@H]1C[C@H]3O[C@@H]2OC. The van der Waals surface area contributed by atoms with E-state index >= 15 is 0 Å². The van der Waals surface area contributed by atoms with E-state index in [1.807, 2.05) is 0 Å². The van der Waals surface area contributed by atoms with Gasteiger partial charge in [0.25, 0.3) is 0 Å². The van der Waals surface area contributed by atoms with Gasteiger partial charge in [-0.05, 0) is 42.6 Å². The molecule has 0 aromatic heterocycles. The predicted octanol–water partition coefficient (Wildman–Crippen LogP) is 1.03. The van der Waals surface area contributed by atoms with Gasteiger partial charge in [-0.1, -0.05) is 20.4 Å². The number of aliphatic hydroxyl groups excluding tert-OH is 3. The van der Waals surface area contributed by atoms with Crippen LogP contribution in [0.15, 0.2) is 12.2 Å². The first-order valence-electron chi connectivity index (χ1n) is 10.1. The van der Waals surface area contributed by atoms with Crippen molar-refractivity contribution in [2.45, 2.75) is 70.2 Å². The van der Waals surface area contributed by atoms with Crippen molar-refractivity contribution in [2.75, 3.05) is 7.11 Å². The molecular weight excluding hydrogens is 348 g/mol. The molecule has 6 nitrogen and oxygen atoms in total. The fraction of sp³-hybridized carbons (Fsp3) is 0.857. The van der Waals surface area contributed by atoms with E-state index in [2.05, 4.69) is 20.4 Å². The number of hydrogen-bond donors (Lipinski definition) is 3. The molecule has 2 aliphatic heterocycles. The van der Waals surface area contributed by atoms with Crippen LogP contribution >= 0.6 is 0 Å². The van der Waals surface area contributed by atoms with Crippen molar-refractivity contribution in [1.29, 1.82) is 0 Å². The van der Waals surface area contributed by atoms with Crippen molar-refractivity contribution in [1.82, 2.24) is 0 Å². The van der Waals surface area contributed by atoms with E-state index in [0.717, 1.165) is 0 Å². The fourth-order valence-corrected chi connectivity index (χ4v) is 8.07. The molecular formula is C21H30O6. The van der Waals surface area contributed by atoms with Crippen molar-refractivity contribution in [3.8, 4) is 0 Å². The molecule has 6 fully saturated rings. The second-order valence-corrected chi connectivity index (χ2v) is 10.1. The molecule has 27 heavy (non-hydrogen) atoms. The summed E-state index contributed by atoms with van der Waals surface area (Å²) in [4.78, 5) is 13.4. The number of methoxy groups -OCH3 is 1. The molecule has 2 saturated heterocycles. The second kappa shape index (κ2) is 5.22. The first kappa shape index (κ1) is 18.3. The van der Waals surface area contributed by atoms with Gasteiger partial charge in [0, 0.05) is 24.4 Å². The van der Waals surface area contributed by atoms with Crippen LogP contribution < -0.4 is 0 Å². The van der Waals surface area contributed by atoms with Crippen LogP contribution in [-0.4, -0.2) is 58.9 Å². The summed E-state index contributed by atoms with van der Waals surface area (Å²) in [5, 5.41) is 33.2. The number of aliphatic hydroxyl groups is 3. The van der Waals surface area contributed by atoms with E-state index in [0.29, 0.717) is 31.3 Å². The molecule has 2 spiro atoms. The Morgan fingerprint density at radius 3 is 2.59 bits per heavy atom. The van der Waals surface area contributed by atoms with Crippen molar-refractivity contribution < 1.29 is 29.6 Å². The van der Waals surface area contributed by atoms with Crippen LogP contribution in [0.1, 0.15) is 39.5 Å². The molecule has 3 N–H and O–H groups in total. The lowest BCUT2D eigenvalue weighted by Crippen LogP contribution is -2.79. The van der Waals surface area contributed by atoms with E-state index in [9.17, 15) is 20.1 Å². The number of carbonyl (C=O) groups excluding carboxylic acids is 1. The van der Waals surface area contributed by atoms with Gasteiger partial charge in [0.2, 0.25) is 0 Å². The van der Waals surface area contributed by atoms with Gasteiger partial charge in [-0.3, -0.25) is 4.79 Å². The summed E-state index contributed by atoms with van der Waals surface area (Å²) < 4.78 is 12.1. The van der Waals surface area contributed by atoms with Crippen molar-refractivity contribution in [3.05, 3.63) is 12.2 Å². The number of fused-ring (bicyclic) bond motifs is 2. The monoisotopic (exact) mass is 378 g/mol. The summed E-state index contributed by atoms with van der Waals surface area (Å²) in [5.74, 6) is -0.946. The zero-order valence-electron chi connectivity index (χ0n) is 16.2. The maximum atomic E-state index is 13.4. The smallest absolute Gasteiger partial charge is 0.170 e. The molecule has 10 atom stereocenters. The third kappa shape index (κ3) is 1.71. The maximum absolute atomic E-state index is 13.4. The van der Waals surface area contributed by atoms with Crippen LogP contribution in [0, 0.1) is 34.0 Å². The molecule has 6 rings (SSSR count). The third-order valence-electron chi connectivity index (χ3n) is 9.16. The van der Waals surface area contributed by atoms with Crippen molar-refractivity contribution in [3.63, 3.8) is 0 Å². The second-order valence-electron chi connectivity index (χ2n) is 10.1. The molecule has 0 aromatic rings. The Balaban J connectivity index is 1.76. The quantitative estimate of drug-likeness (QED) is 0.590. The molecule has 0 unspecified atom stereocenters. The molecule has 4 saturated carbocycles. The Labute approximate surface area is 159 Å². The number of carbonyl (C=O) groups is 1. The number of ketones is 1. The van der Waals surface area contributed by atoms with Gasteiger partial charge in [-0.2, -0.15) is 0 Å². The van der Waals surface area contributed by atoms with E-state index in [1.54, 1.807) is 7.11 Å². The van der Waals surface area contributed by atoms with Crippen LogP contribution in [0.3, 0.4) is 0 Å². The zero-order chi connectivity index (χ0) is 19.5. The van der Waals surface area contributed by atoms with Gasteiger partial charge >= 0.3 is 0 Å². The summed E-state index contributed by atoms with van der Waals surface area (Å²) in [6.07, 6.45) is -1.05. The van der Waals surface area contributed by atoms with Crippen LogP contribution in [-0.2, 0) is 14.3 Å². The lowest BCUT2D eigenvalue weighted by Gasteiger charge is -2.73. The summed E-state index contributed by atoms with van der Waals surface area (Å²) in [5.41, 5.74) is -1.71. The fourth-order valence-electron chi connectivity index (χ4n) is 8.07. The van der Waals surface area contributed by atoms with E-state index in [-0.39, 0.29) is 11.7 Å². The zero-order valence-corrected chi connectivity index (χ0v) is 16.2. The first-order chi connectivity index (χ1) is 12.6. The minimum Gasteiger partial charge on any atom is -0.393 e. The largest absolute Gasteiger partial charge is 0.393 e. The lowest BCUT2D eigenvalue weighted by molar-refractivity contribution is -0.403. The third-order valence-corrected chi connectivity index (χ3v) is 9.16. The van der Waals surface area contributed by atoms with Gasteiger partial charge in [-0.25, -0.2) is 0 Å². The molecule has 6 heteroatoms. The molecule has 150 valence electrons. The van der Waals surface area contributed by atoms with Gasteiger partial charge in [0.1, 0.15) is 0 Å². The number of rotatable bonds is 1. The van der Waals surface area contributed by atoms with E-state index in [1.165, 1.54) is 0 Å². The Kier molecular flexibility index (Phi) is 3.53. The molecule has 4 bridgehead atoms. The Morgan fingerprint density at radius 1 is 1.22 bits per heavy atom. The molecule has 0 amide bonds. The number of hydrogen-bond acceptors (Lipinski definition) is 6. The minimum atomic E-state index is -1.14. The van der Waals surface area contributed by atoms with Crippen LogP contribution in [0.5, 0.6) is 0 Å². The summed E-state index contributed by atoms with van der Waals surface area (Å²) >= 11 is 0. The van der Waals surface area contributed by atoms with Crippen LogP contribution in [0.2, 0.25) is 0 Å². The van der Waals surface area contributed by atoms with Crippen molar-refractivity contribution in [2.24, 2.45) is 34.0 Å². The standard InChI is InChI=1S/C21H30O6/c1-9-10-7-11(22)15-20-6-5-13(23)19(2,3)12(20)8-14(27-18(20)26-4)21(15,16(9)24)17(10)25/h10-15,17-18,22-23,25H,1,5-8H2,2-4H3/t10-,11-,12+,13+,14+,15-,17+,18-,20-,21+/m0/s1. The Hall–Kier alpha value is -0.790. The van der Waals surface area contributed by atoms with Gasteiger partial charge < -0.3 is 24.8 Å². The average molecular weight is 378 g/mol. The van der Waals surface area contributed by atoms with Gasteiger partial charge in [-0.15, -0.1) is 0 Å². The number of Topliss-reactive ketones (excluding diaryl/α,β-unsaturated/α-hetero) is 1. The topological polar surface area (TPSA) is 96.2 Å². The first-order valence-corrected chi connectivity index (χ1v) is 10.1. The van der Waals surface area contributed by atoms with E-state index < -0.39 is 58.8 Å². The normalized spacial score (nSPS) is 58.1. The van der Waals surface area contributed by atoms with Crippen molar-refractivity contribution >= 4 is 5.78 Å². The van der Waals surface area contributed by atoms with Gasteiger partial charge in [0.05, 0.1) is 29.8 Å². The Bertz CT molecular complexity index is 717. The van der Waals surface area contributed by atoms with E-state index in [4.69, 9.17) is 9.47 Å². The van der Waals surface area contributed by atoms with Crippen LogP contribution in [0.25, 0.3) is 0 Å². The maximum Gasteiger partial charge on any atom is 0.170 e. The highest BCUT2D eigenvalue weighted by molar-refractivity contribution is 6.04. The molecule has 6 aliphatic rings. The number of ether oxygens (including phenoxy) is 2. The lowest BCUT2D eigenvalue weighted by atomic mass is 9.36. The summed E-state index contributed by atoms with van der Waals surface area (Å²) in [6, 6.07) is 0. The Morgan fingerprint density at radius 2 is 1.93 bits per heavy atom. The highest BCUT2D eigenvalue weighted by atomic mass is 16.7. The summed E-state index contributed by atoms with van der Waals surface area (Å²) in [6.45, 7) is 8.09.